The van der Waals surface area contributed by atoms with Crippen molar-refractivity contribution in [3.05, 3.63) is 81.8 Å². The highest BCUT2D eigenvalue weighted by Crippen LogP contribution is 2.27. The van der Waals surface area contributed by atoms with Crippen molar-refractivity contribution in [1.29, 1.82) is 0 Å². The fourth-order valence-electron chi connectivity index (χ4n) is 3.94. The molecule has 0 atom stereocenters. The second-order valence-corrected chi connectivity index (χ2v) is 8.19. The van der Waals surface area contributed by atoms with Crippen molar-refractivity contribution in [2.24, 2.45) is 0 Å². The van der Waals surface area contributed by atoms with Gasteiger partial charge in [0.2, 0.25) is 0 Å². The van der Waals surface area contributed by atoms with Crippen LogP contribution in [0.15, 0.2) is 59.7 Å². The maximum absolute atomic E-state index is 13.1. The van der Waals surface area contributed by atoms with E-state index < -0.39 is 0 Å². The Morgan fingerprint density at radius 1 is 0.969 bits per heavy atom. The summed E-state index contributed by atoms with van der Waals surface area (Å²) in [5.74, 6) is 0. The number of hydrogen-bond donors (Lipinski definition) is 0. The summed E-state index contributed by atoms with van der Waals surface area (Å²) >= 11 is 6.61. The van der Waals surface area contributed by atoms with Gasteiger partial charge in [0.25, 0.3) is 0 Å². The van der Waals surface area contributed by atoms with Gasteiger partial charge in [0.15, 0.2) is 0 Å². The third kappa shape index (κ3) is 4.39. The van der Waals surface area contributed by atoms with Crippen LogP contribution in [0, 0.1) is 0 Å². The molecule has 4 aromatic rings. The van der Waals surface area contributed by atoms with E-state index >= 15 is 0 Å². The van der Waals surface area contributed by atoms with Crippen LogP contribution < -0.4 is 5.69 Å². The number of hydrogen-bond acceptors (Lipinski definition) is 4. The third-order valence-electron chi connectivity index (χ3n) is 5.58. The summed E-state index contributed by atoms with van der Waals surface area (Å²) in [5.41, 5.74) is 4.95. The Bertz CT molecular complexity index is 1220. The maximum atomic E-state index is 13.1. The number of unbranched alkanes of at least 4 members (excludes halogenated alkanes) is 1. The Morgan fingerprint density at radius 3 is 2.44 bits per heavy atom. The molecule has 0 bridgehead atoms. The second-order valence-electron chi connectivity index (χ2n) is 7.83. The molecule has 2 aromatic carbocycles. The molecule has 0 aliphatic carbocycles. The zero-order chi connectivity index (χ0) is 22.5. The average molecular weight is 451 g/mol. The van der Waals surface area contributed by atoms with Crippen LogP contribution in [0.5, 0.6) is 0 Å². The molecular weight excluding hydrogens is 424 g/mol. The van der Waals surface area contributed by atoms with Crippen LogP contribution in [-0.4, -0.2) is 29.3 Å². The maximum Gasteiger partial charge on any atom is 0.329 e. The molecule has 0 unspecified atom stereocenters. The summed E-state index contributed by atoms with van der Waals surface area (Å²) in [7, 11) is 0. The number of nitrogens with zero attached hydrogens (tertiary/aromatic N) is 6. The van der Waals surface area contributed by atoms with E-state index in [0.717, 1.165) is 53.8 Å². The number of tetrazole rings is 1. The van der Waals surface area contributed by atoms with E-state index in [2.05, 4.69) is 53.6 Å². The summed E-state index contributed by atoms with van der Waals surface area (Å²) in [5, 5.41) is 12.1. The first-order valence-electron chi connectivity index (χ1n) is 11.0. The number of rotatable bonds is 9. The Balaban J connectivity index is 1.65. The summed E-state index contributed by atoms with van der Waals surface area (Å²) < 4.78 is 5.18. The van der Waals surface area contributed by atoms with Crippen molar-refractivity contribution in [3.63, 3.8) is 0 Å². The molecule has 8 heteroatoms. The Kier molecular flexibility index (Phi) is 6.85. The lowest BCUT2D eigenvalue weighted by Gasteiger charge is -2.11. The van der Waals surface area contributed by atoms with E-state index in [0.29, 0.717) is 18.2 Å². The Hall–Kier alpha value is -3.19. The number of halogens is 1. The van der Waals surface area contributed by atoms with Crippen molar-refractivity contribution in [2.45, 2.75) is 52.6 Å². The van der Waals surface area contributed by atoms with Crippen LogP contribution in [0.3, 0.4) is 0 Å². The fourth-order valence-corrected chi connectivity index (χ4v) is 4.29. The number of aromatic nitrogens is 6. The van der Waals surface area contributed by atoms with Gasteiger partial charge in [-0.1, -0.05) is 74.3 Å². The summed E-state index contributed by atoms with van der Waals surface area (Å²) in [6.45, 7) is 5.34. The SMILES string of the molecule is CCCCc1c(Cl)n(CCC)c(=O)n1Cc1ccc(-c2ccccc2-n2cnnn2)cc1. The monoisotopic (exact) mass is 450 g/mol. The molecule has 32 heavy (non-hydrogen) atoms. The van der Waals surface area contributed by atoms with Gasteiger partial charge < -0.3 is 0 Å². The molecule has 0 spiro atoms. The molecule has 2 heterocycles. The highest BCUT2D eigenvalue weighted by molar-refractivity contribution is 6.30. The Labute approximate surface area is 192 Å². The largest absolute Gasteiger partial charge is 0.329 e. The van der Waals surface area contributed by atoms with Gasteiger partial charge in [0.05, 0.1) is 17.9 Å². The van der Waals surface area contributed by atoms with E-state index in [1.165, 1.54) is 0 Å². The standard InChI is InChI=1S/C24H27ClN6O/c1-3-5-9-22-23(25)29(15-4-2)24(32)30(22)16-18-11-13-19(14-12-18)20-8-6-7-10-21(20)31-17-26-27-28-31/h6-8,10-14,17H,3-5,9,15-16H2,1-2H3. The first-order chi connectivity index (χ1) is 15.6. The van der Waals surface area contributed by atoms with E-state index in [4.69, 9.17) is 11.6 Å². The molecule has 0 aliphatic heterocycles. The van der Waals surface area contributed by atoms with Gasteiger partial charge in [-0.2, -0.15) is 4.68 Å². The van der Waals surface area contributed by atoms with Gasteiger partial charge in [-0.05, 0) is 46.9 Å². The summed E-state index contributed by atoms with van der Waals surface area (Å²) in [4.78, 5) is 13.1. The predicted octanol–water partition coefficient (Wildman–Crippen LogP) is 4.75. The lowest BCUT2D eigenvalue weighted by molar-refractivity contribution is 0.618. The minimum atomic E-state index is -0.0314. The summed E-state index contributed by atoms with van der Waals surface area (Å²) in [6, 6.07) is 16.3. The minimum Gasteiger partial charge on any atom is -0.290 e. The van der Waals surface area contributed by atoms with Crippen LogP contribution in [-0.2, 0) is 19.5 Å². The van der Waals surface area contributed by atoms with Gasteiger partial charge in [-0.25, -0.2) is 4.79 Å². The molecule has 0 saturated carbocycles. The molecule has 0 radical (unpaired) electrons. The first-order valence-corrected chi connectivity index (χ1v) is 11.4. The van der Waals surface area contributed by atoms with Crippen molar-refractivity contribution in [2.75, 3.05) is 0 Å². The first kappa shape index (κ1) is 22.0. The normalized spacial score (nSPS) is 11.2. The van der Waals surface area contributed by atoms with Gasteiger partial charge >= 0.3 is 5.69 Å². The van der Waals surface area contributed by atoms with Crippen LogP contribution in [0.25, 0.3) is 16.8 Å². The molecule has 0 N–H and O–H groups in total. The molecule has 2 aromatic heterocycles. The molecule has 0 aliphatic rings. The third-order valence-corrected chi connectivity index (χ3v) is 6.00. The van der Waals surface area contributed by atoms with Gasteiger partial charge in [0, 0.05) is 12.1 Å². The van der Waals surface area contributed by atoms with E-state index in [9.17, 15) is 4.79 Å². The number of benzene rings is 2. The van der Waals surface area contributed by atoms with E-state index in [1.807, 2.05) is 28.8 Å². The summed E-state index contributed by atoms with van der Waals surface area (Å²) in [6.07, 6.45) is 5.31. The topological polar surface area (TPSA) is 70.5 Å². The quantitative estimate of drug-likeness (QED) is 0.369. The second kappa shape index (κ2) is 9.96. The highest BCUT2D eigenvalue weighted by Gasteiger charge is 2.18. The smallest absolute Gasteiger partial charge is 0.290 e. The van der Waals surface area contributed by atoms with Crippen molar-refractivity contribution >= 4 is 11.6 Å². The van der Waals surface area contributed by atoms with Crippen LogP contribution in [0.2, 0.25) is 5.15 Å². The minimum absolute atomic E-state index is 0.0314. The lowest BCUT2D eigenvalue weighted by Crippen LogP contribution is -2.25. The number of imidazole rings is 1. The molecule has 7 nitrogen and oxygen atoms in total. The lowest BCUT2D eigenvalue weighted by atomic mass is 10.0. The molecule has 0 fully saturated rings. The molecule has 166 valence electrons. The van der Waals surface area contributed by atoms with Gasteiger partial charge in [-0.3, -0.25) is 9.13 Å². The fraction of sp³-hybridized carbons (Fsp3) is 0.333. The molecular formula is C24H27ClN6O. The van der Waals surface area contributed by atoms with Crippen LogP contribution in [0.1, 0.15) is 44.4 Å². The Morgan fingerprint density at radius 2 is 1.75 bits per heavy atom. The van der Waals surface area contributed by atoms with Crippen molar-refractivity contribution in [1.82, 2.24) is 29.3 Å². The van der Waals surface area contributed by atoms with Crippen LogP contribution >= 0.6 is 11.6 Å². The molecule has 0 saturated heterocycles. The van der Waals surface area contributed by atoms with E-state index in [1.54, 1.807) is 15.6 Å². The van der Waals surface area contributed by atoms with Gasteiger partial charge in [-0.15, -0.1) is 5.10 Å². The average Bonchev–Trinajstić information content (AvgIpc) is 3.43. The van der Waals surface area contributed by atoms with E-state index in [-0.39, 0.29) is 5.69 Å². The van der Waals surface area contributed by atoms with Crippen LogP contribution in [0.4, 0.5) is 0 Å². The predicted molar refractivity (Wildman–Crippen MR) is 126 cm³/mol. The van der Waals surface area contributed by atoms with Crippen molar-refractivity contribution < 1.29 is 0 Å². The highest BCUT2D eigenvalue weighted by atomic mass is 35.5. The zero-order valence-electron chi connectivity index (χ0n) is 18.4. The number of para-hydroxylation sites is 1. The zero-order valence-corrected chi connectivity index (χ0v) is 19.2. The molecule has 0 amide bonds. The van der Waals surface area contributed by atoms with Crippen molar-refractivity contribution in [3.8, 4) is 16.8 Å². The van der Waals surface area contributed by atoms with Gasteiger partial charge in [0.1, 0.15) is 11.5 Å². The molecule has 4 rings (SSSR count).